The second kappa shape index (κ2) is 8.39. The molecule has 1 aromatic carbocycles. The van der Waals surface area contributed by atoms with Crippen LogP contribution in [0.4, 0.5) is 0 Å². The Morgan fingerprint density at radius 1 is 1.21 bits per heavy atom. The number of benzene rings is 1. The maximum absolute atomic E-state index is 12.5. The summed E-state index contributed by atoms with van der Waals surface area (Å²) in [6, 6.07) is 5.63. The summed E-state index contributed by atoms with van der Waals surface area (Å²) in [5, 5.41) is 3.03. The van der Waals surface area contributed by atoms with Crippen molar-refractivity contribution in [1.82, 2.24) is 9.62 Å². The Morgan fingerprint density at radius 2 is 1.89 bits per heavy atom. The van der Waals surface area contributed by atoms with Gasteiger partial charge in [-0.25, -0.2) is 12.7 Å². The lowest BCUT2D eigenvalue weighted by Crippen LogP contribution is -2.51. The van der Waals surface area contributed by atoms with Gasteiger partial charge in [-0.1, -0.05) is 12.1 Å². The Hall–Kier alpha value is -1.64. The van der Waals surface area contributed by atoms with Crippen molar-refractivity contribution in [1.29, 1.82) is 0 Å². The normalized spacial score (nSPS) is 28.0. The molecule has 0 aromatic heterocycles. The summed E-state index contributed by atoms with van der Waals surface area (Å²) in [6.45, 7) is 4.98. The lowest BCUT2D eigenvalue weighted by atomic mass is 9.77. The molecule has 1 saturated heterocycles. The number of ether oxygens (including phenoxy) is 2. The molecule has 156 valence electrons. The number of nitrogens with one attached hydrogen (secondary N) is 1. The van der Waals surface area contributed by atoms with Crippen molar-refractivity contribution in [3.8, 4) is 5.75 Å². The number of fused-ring (bicyclic) bond motifs is 1. The zero-order chi connectivity index (χ0) is 20.5. The van der Waals surface area contributed by atoms with E-state index < -0.39 is 10.0 Å². The van der Waals surface area contributed by atoms with Gasteiger partial charge in [-0.2, -0.15) is 0 Å². The van der Waals surface area contributed by atoms with E-state index in [4.69, 9.17) is 9.47 Å². The van der Waals surface area contributed by atoms with Gasteiger partial charge in [0.05, 0.1) is 18.4 Å². The van der Waals surface area contributed by atoms with Gasteiger partial charge in [-0.05, 0) is 55.7 Å². The smallest absolute Gasteiger partial charge is 0.258 e. The van der Waals surface area contributed by atoms with E-state index in [0.717, 1.165) is 17.5 Å². The van der Waals surface area contributed by atoms with Gasteiger partial charge in [0.2, 0.25) is 10.0 Å². The average molecular weight is 411 g/mol. The number of nitrogens with zero attached hydrogens (tertiary/aromatic N) is 1. The van der Waals surface area contributed by atoms with Gasteiger partial charge in [0.1, 0.15) is 5.75 Å². The lowest BCUT2D eigenvalue weighted by molar-refractivity contribution is -0.125. The predicted molar refractivity (Wildman–Crippen MR) is 107 cm³/mol. The molecule has 1 saturated carbocycles. The van der Waals surface area contributed by atoms with Crippen molar-refractivity contribution in [3.63, 3.8) is 0 Å². The lowest BCUT2D eigenvalue weighted by Gasteiger charge is -2.37. The number of hydrogen-bond donors (Lipinski definition) is 1. The molecule has 3 rings (SSSR count). The fourth-order valence-corrected chi connectivity index (χ4v) is 5.25. The second-order valence-corrected chi connectivity index (χ2v) is 9.99. The van der Waals surface area contributed by atoms with E-state index in [9.17, 15) is 13.2 Å². The highest BCUT2D eigenvalue weighted by Gasteiger charge is 2.44. The van der Waals surface area contributed by atoms with Crippen LogP contribution in [0.25, 0.3) is 0 Å². The van der Waals surface area contributed by atoms with E-state index in [1.54, 1.807) is 11.4 Å². The number of amides is 1. The number of carbonyl (C=O) groups excluding carboxylic acids is 1. The number of carbonyl (C=O) groups is 1. The van der Waals surface area contributed by atoms with E-state index in [1.807, 2.05) is 32.0 Å². The largest absolute Gasteiger partial charge is 0.483 e. The molecule has 1 N–H and O–H groups in total. The Labute approximate surface area is 167 Å². The van der Waals surface area contributed by atoms with Crippen molar-refractivity contribution in [2.75, 3.05) is 33.1 Å². The van der Waals surface area contributed by atoms with E-state index in [2.05, 4.69) is 5.32 Å². The number of sulfonamides is 1. The van der Waals surface area contributed by atoms with Crippen LogP contribution in [-0.4, -0.2) is 63.8 Å². The van der Waals surface area contributed by atoms with Crippen LogP contribution in [0.5, 0.6) is 5.75 Å². The van der Waals surface area contributed by atoms with Gasteiger partial charge in [0.25, 0.3) is 5.91 Å². The Balaban J connectivity index is 1.58. The van der Waals surface area contributed by atoms with E-state index in [1.165, 1.54) is 6.26 Å². The van der Waals surface area contributed by atoms with Crippen molar-refractivity contribution in [2.45, 2.75) is 38.8 Å². The van der Waals surface area contributed by atoms with Crippen LogP contribution in [0.3, 0.4) is 0 Å². The summed E-state index contributed by atoms with van der Waals surface area (Å²) >= 11 is 0. The highest BCUT2D eigenvalue weighted by atomic mass is 32.2. The molecule has 28 heavy (non-hydrogen) atoms. The minimum atomic E-state index is -3.19. The summed E-state index contributed by atoms with van der Waals surface area (Å²) in [5.41, 5.74) is 2.14. The number of methoxy groups -OCH3 is 1. The number of rotatable bonds is 6. The Morgan fingerprint density at radius 3 is 2.54 bits per heavy atom. The number of aryl methyl sites for hydroxylation is 1. The molecule has 8 heteroatoms. The van der Waals surface area contributed by atoms with Gasteiger partial charge in [-0.3, -0.25) is 4.79 Å². The van der Waals surface area contributed by atoms with Crippen LogP contribution in [-0.2, 0) is 19.6 Å². The summed E-state index contributed by atoms with van der Waals surface area (Å²) < 4.78 is 36.6. The molecule has 0 unspecified atom stereocenters. The quantitative estimate of drug-likeness (QED) is 0.768. The van der Waals surface area contributed by atoms with Crippen molar-refractivity contribution in [3.05, 3.63) is 29.3 Å². The molecule has 2 aliphatic rings. The molecular formula is C20H30N2O5S. The van der Waals surface area contributed by atoms with Crippen LogP contribution >= 0.6 is 0 Å². The molecular weight excluding hydrogens is 380 g/mol. The minimum absolute atomic E-state index is 0.0548. The molecule has 0 radical (unpaired) electrons. The van der Waals surface area contributed by atoms with Gasteiger partial charge in [0.15, 0.2) is 6.61 Å². The van der Waals surface area contributed by atoms with Crippen LogP contribution in [0.1, 0.15) is 24.0 Å². The molecule has 4 atom stereocenters. The van der Waals surface area contributed by atoms with Gasteiger partial charge < -0.3 is 14.8 Å². The topological polar surface area (TPSA) is 84.9 Å². The highest BCUT2D eigenvalue weighted by Crippen LogP contribution is 2.38. The maximum Gasteiger partial charge on any atom is 0.258 e. The van der Waals surface area contributed by atoms with Crippen LogP contribution in [0.2, 0.25) is 0 Å². The van der Waals surface area contributed by atoms with E-state index in [0.29, 0.717) is 25.3 Å². The van der Waals surface area contributed by atoms with Crippen molar-refractivity contribution in [2.24, 2.45) is 11.8 Å². The Bertz CT molecular complexity index is 826. The fourth-order valence-electron chi connectivity index (χ4n) is 4.33. The zero-order valence-electron chi connectivity index (χ0n) is 17.0. The summed E-state index contributed by atoms with van der Waals surface area (Å²) in [5.74, 6) is 1.04. The van der Waals surface area contributed by atoms with Gasteiger partial charge in [0, 0.05) is 20.2 Å². The molecule has 1 aromatic rings. The SMILES string of the molecule is CO[C@H]1C[C@@H]2CN(S(C)(=O)=O)C[C@@H]2C[C@@H]1NC(=O)COc1cccc(C)c1C. The fraction of sp³-hybridized carbons (Fsp3) is 0.650. The monoisotopic (exact) mass is 410 g/mol. The maximum atomic E-state index is 12.5. The third-order valence-corrected chi connectivity index (χ3v) is 7.35. The van der Waals surface area contributed by atoms with Crippen LogP contribution < -0.4 is 10.1 Å². The first-order valence-corrected chi connectivity index (χ1v) is 11.5. The molecule has 1 amide bonds. The predicted octanol–water partition coefficient (Wildman–Crippen LogP) is 1.48. The van der Waals surface area contributed by atoms with Crippen LogP contribution in [0.15, 0.2) is 18.2 Å². The zero-order valence-corrected chi connectivity index (χ0v) is 17.8. The standard InChI is InChI=1S/C20H30N2O5S/c1-13-6-5-7-18(14(13)2)27-12-20(23)21-17-8-15-10-22(28(4,24)25)11-16(15)9-19(17)26-3/h5-7,15-17,19H,8-12H2,1-4H3,(H,21,23)/t15-,16+,17-,19-/m0/s1. The molecule has 7 nitrogen and oxygen atoms in total. The summed E-state index contributed by atoms with van der Waals surface area (Å²) in [7, 11) is -1.55. The van der Waals surface area contributed by atoms with Crippen LogP contribution in [0, 0.1) is 25.7 Å². The first-order chi connectivity index (χ1) is 13.2. The van der Waals surface area contributed by atoms with Crippen molar-refractivity contribution < 1.29 is 22.7 Å². The first kappa shape index (κ1) is 21.1. The molecule has 0 spiro atoms. The third-order valence-electron chi connectivity index (χ3n) is 6.12. The highest BCUT2D eigenvalue weighted by molar-refractivity contribution is 7.88. The molecule has 1 aliphatic heterocycles. The molecule has 0 bridgehead atoms. The second-order valence-electron chi connectivity index (χ2n) is 8.01. The van der Waals surface area contributed by atoms with Gasteiger partial charge >= 0.3 is 0 Å². The average Bonchev–Trinajstić information content (AvgIpc) is 3.05. The first-order valence-electron chi connectivity index (χ1n) is 9.65. The molecule has 2 fully saturated rings. The Kier molecular flexibility index (Phi) is 6.31. The number of hydrogen-bond acceptors (Lipinski definition) is 5. The summed E-state index contributed by atoms with van der Waals surface area (Å²) in [6.07, 6.45) is 2.59. The molecule has 1 aliphatic carbocycles. The summed E-state index contributed by atoms with van der Waals surface area (Å²) in [4.78, 5) is 12.5. The third kappa shape index (κ3) is 4.67. The van der Waals surface area contributed by atoms with E-state index in [-0.39, 0.29) is 36.5 Å². The molecule has 1 heterocycles. The minimum Gasteiger partial charge on any atom is -0.483 e. The van der Waals surface area contributed by atoms with Gasteiger partial charge in [-0.15, -0.1) is 0 Å². The van der Waals surface area contributed by atoms with E-state index >= 15 is 0 Å². The van der Waals surface area contributed by atoms with Crippen molar-refractivity contribution >= 4 is 15.9 Å².